The van der Waals surface area contributed by atoms with Crippen molar-refractivity contribution < 1.29 is 15.1 Å². The molecule has 3 aromatic rings. The third-order valence-corrected chi connectivity index (χ3v) is 3.48. The molecule has 6 heteroatoms. The minimum absolute atomic E-state index is 0.606. The van der Waals surface area contributed by atoms with Gasteiger partial charge in [0.1, 0.15) is 11.9 Å². The predicted octanol–water partition coefficient (Wildman–Crippen LogP) is 2.46. The first-order chi connectivity index (χ1) is 10.7. The van der Waals surface area contributed by atoms with Crippen LogP contribution in [-0.4, -0.2) is 33.6 Å². The van der Waals surface area contributed by atoms with Crippen molar-refractivity contribution in [3.8, 4) is 5.75 Å². The summed E-state index contributed by atoms with van der Waals surface area (Å²) in [6, 6.07) is 10.7. The summed E-state index contributed by atoms with van der Waals surface area (Å²) < 4.78 is 5.17. The summed E-state index contributed by atoms with van der Waals surface area (Å²) in [5.74, 6) is 0.680. The van der Waals surface area contributed by atoms with Gasteiger partial charge in [0, 0.05) is 11.8 Å². The minimum atomic E-state index is -0.830. The first-order valence-electron chi connectivity index (χ1n) is 6.70. The number of aliphatic hydroxyl groups excluding tert-OH is 1. The normalized spacial score (nSPS) is 12.8. The van der Waals surface area contributed by atoms with E-state index in [1.165, 1.54) is 6.21 Å². The maximum absolute atomic E-state index is 10.5. The highest BCUT2D eigenvalue weighted by molar-refractivity contribution is 5.96. The van der Waals surface area contributed by atoms with Gasteiger partial charge in [-0.1, -0.05) is 17.3 Å². The third kappa shape index (κ3) is 2.51. The van der Waals surface area contributed by atoms with Gasteiger partial charge in [0.15, 0.2) is 0 Å². The maximum atomic E-state index is 10.5. The molecule has 0 spiro atoms. The van der Waals surface area contributed by atoms with Crippen LogP contribution in [-0.2, 0) is 0 Å². The van der Waals surface area contributed by atoms with E-state index in [0.29, 0.717) is 33.6 Å². The molecule has 0 bridgehead atoms. The van der Waals surface area contributed by atoms with Crippen LogP contribution in [0.4, 0.5) is 0 Å². The highest BCUT2D eigenvalue weighted by Crippen LogP contribution is 2.27. The molecule has 2 heterocycles. The number of aromatic nitrogens is 2. The first kappa shape index (κ1) is 14.1. The van der Waals surface area contributed by atoms with E-state index in [2.05, 4.69) is 15.1 Å². The third-order valence-electron chi connectivity index (χ3n) is 3.48. The number of pyridine rings is 1. The molecule has 0 saturated heterocycles. The van der Waals surface area contributed by atoms with Crippen LogP contribution in [0.25, 0.3) is 11.0 Å². The summed E-state index contributed by atoms with van der Waals surface area (Å²) >= 11 is 0. The number of hydrogen-bond donors (Lipinski definition) is 3. The molecule has 3 N–H and O–H groups in total. The number of nitrogens with zero attached hydrogens (tertiary/aromatic N) is 2. The van der Waals surface area contributed by atoms with Crippen LogP contribution in [0.5, 0.6) is 5.75 Å². The Bertz CT molecular complexity index is 826. The van der Waals surface area contributed by atoms with Gasteiger partial charge in [-0.3, -0.25) is 4.98 Å². The molecule has 0 saturated carbocycles. The number of benzene rings is 1. The van der Waals surface area contributed by atoms with E-state index >= 15 is 0 Å². The fourth-order valence-electron chi connectivity index (χ4n) is 2.38. The fraction of sp³-hybridized carbons (Fsp3) is 0.125. The monoisotopic (exact) mass is 297 g/mol. The van der Waals surface area contributed by atoms with Crippen LogP contribution in [0.1, 0.15) is 22.9 Å². The molecule has 22 heavy (non-hydrogen) atoms. The standard InChI is InChI=1S/C16H15N3O3/c1-22-12-4-2-3-10(7-12)16(20)14-8-13-15(19-14)11(9-18-21)5-6-17-13/h2-9,16,19-21H,1H3. The number of nitrogens with one attached hydrogen (secondary N) is 1. The van der Waals surface area contributed by atoms with Crippen LogP contribution in [0.2, 0.25) is 0 Å². The topological polar surface area (TPSA) is 90.7 Å². The van der Waals surface area contributed by atoms with Gasteiger partial charge in [-0.2, -0.15) is 0 Å². The summed E-state index contributed by atoms with van der Waals surface area (Å²) in [6.07, 6.45) is 2.11. The van der Waals surface area contributed by atoms with Crippen molar-refractivity contribution in [3.63, 3.8) is 0 Å². The number of fused-ring (bicyclic) bond motifs is 1. The Balaban J connectivity index is 2.04. The van der Waals surface area contributed by atoms with Gasteiger partial charge in [0.05, 0.1) is 30.1 Å². The number of ether oxygens (including phenoxy) is 1. The van der Waals surface area contributed by atoms with E-state index in [9.17, 15) is 5.11 Å². The average Bonchev–Trinajstić information content (AvgIpc) is 2.99. The lowest BCUT2D eigenvalue weighted by molar-refractivity contribution is 0.216. The molecule has 1 atom stereocenters. The summed E-state index contributed by atoms with van der Waals surface area (Å²) in [5.41, 5.74) is 3.40. The SMILES string of the molecule is COc1cccc(C(O)c2cc3nccc(C=NO)c3[nH]2)c1. The van der Waals surface area contributed by atoms with E-state index < -0.39 is 6.10 Å². The molecule has 0 aliphatic carbocycles. The van der Waals surface area contributed by atoms with Crippen molar-refractivity contribution in [2.75, 3.05) is 7.11 Å². The fourth-order valence-corrected chi connectivity index (χ4v) is 2.38. The molecule has 2 aromatic heterocycles. The van der Waals surface area contributed by atoms with Gasteiger partial charge >= 0.3 is 0 Å². The minimum Gasteiger partial charge on any atom is -0.497 e. The molecule has 0 amide bonds. The smallest absolute Gasteiger partial charge is 0.119 e. The molecule has 1 aromatic carbocycles. The van der Waals surface area contributed by atoms with E-state index in [0.717, 1.165) is 0 Å². The quantitative estimate of drug-likeness (QED) is 0.392. The Morgan fingerprint density at radius 3 is 2.95 bits per heavy atom. The largest absolute Gasteiger partial charge is 0.497 e. The maximum Gasteiger partial charge on any atom is 0.119 e. The van der Waals surface area contributed by atoms with E-state index in [1.54, 1.807) is 31.5 Å². The Hall–Kier alpha value is -2.86. The average molecular weight is 297 g/mol. The van der Waals surface area contributed by atoms with Crippen molar-refractivity contribution >= 4 is 17.2 Å². The van der Waals surface area contributed by atoms with E-state index in [1.807, 2.05) is 18.2 Å². The molecule has 0 radical (unpaired) electrons. The zero-order valence-electron chi connectivity index (χ0n) is 11.9. The first-order valence-corrected chi connectivity index (χ1v) is 6.70. The molecule has 0 fully saturated rings. The molecule has 0 aliphatic heterocycles. The summed E-state index contributed by atoms with van der Waals surface area (Å²) in [4.78, 5) is 7.37. The van der Waals surface area contributed by atoms with E-state index in [4.69, 9.17) is 9.94 Å². The Labute approximate surface area is 126 Å². The van der Waals surface area contributed by atoms with Crippen LogP contribution in [0, 0.1) is 0 Å². The van der Waals surface area contributed by atoms with Crippen molar-refractivity contribution in [1.29, 1.82) is 0 Å². The van der Waals surface area contributed by atoms with Crippen LogP contribution in [0.15, 0.2) is 47.8 Å². The molecule has 1 unspecified atom stereocenters. The highest BCUT2D eigenvalue weighted by Gasteiger charge is 2.15. The van der Waals surface area contributed by atoms with Crippen molar-refractivity contribution in [1.82, 2.24) is 9.97 Å². The van der Waals surface area contributed by atoms with Gasteiger partial charge in [-0.25, -0.2) is 0 Å². The second-order valence-electron chi connectivity index (χ2n) is 4.81. The van der Waals surface area contributed by atoms with Gasteiger partial charge in [-0.15, -0.1) is 0 Å². The molecular formula is C16H15N3O3. The molecule has 112 valence electrons. The Kier molecular flexibility index (Phi) is 3.76. The summed E-state index contributed by atoms with van der Waals surface area (Å²) in [7, 11) is 1.58. The summed E-state index contributed by atoms with van der Waals surface area (Å²) in [6.45, 7) is 0. The lowest BCUT2D eigenvalue weighted by Crippen LogP contribution is -2.00. The van der Waals surface area contributed by atoms with Crippen LogP contribution >= 0.6 is 0 Å². The van der Waals surface area contributed by atoms with E-state index in [-0.39, 0.29) is 0 Å². The van der Waals surface area contributed by atoms with Crippen LogP contribution < -0.4 is 4.74 Å². The predicted molar refractivity (Wildman–Crippen MR) is 82.5 cm³/mol. The van der Waals surface area contributed by atoms with Gasteiger partial charge < -0.3 is 20.0 Å². The molecule has 3 rings (SSSR count). The van der Waals surface area contributed by atoms with Crippen LogP contribution in [0.3, 0.4) is 0 Å². The second kappa shape index (κ2) is 5.87. The lowest BCUT2D eigenvalue weighted by Gasteiger charge is -2.10. The Morgan fingerprint density at radius 2 is 2.18 bits per heavy atom. The zero-order chi connectivity index (χ0) is 15.5. The van der Waals surface area contributed by atoms with Gasteiger partial charge in [-0.05, 0) is 29.8 Å². The summed E-state index contributed by atoms with van der Waals surface area (Å²) in [5, 5.41) is 22.3. The molecular weight excluding hydrogens is 282 g/mol. The van der Waals surface area contributed by atoms with Crippen molar-refractivity contribution in [3.05, 3.63) is 59.4 Å². The zero-order valence-corrected chi connectivity index (χ0v) is 11.9. The number of rotatable bonds is 4. The van der Waals surface area contributed by atoms with Crippen molar-refractivity contribution in [2.45, 2.75) is 6.10 Å². The number of aromatic amines is 1. The van der Waals surface area contributed by atoms with Gasteiger partial charge in [0.25, 0.3) is 0 Å². The van der Waals surface area contributed by atoms with Crippen molar-refractivity contribution in [2.24, 2.45) is 5.16 Å². The Morgan fingerprint density at radius 1 is 1.32 bits per heavy atom. The molecule has 6 nitrogen and oxygen atoms in total. The number of hydrogen-bond acceptors (Lipinski definition) is 5. The highest BCUT2D eigenvalue weighted by atomic mass is 16.5. The number of H-pyrrole nitrogens is 1. The molecule has 0 aliphatic rings. The second-order valence-corrected chi connectivity index (χ2v) is 4.81. The number of aliphatic hydroxyl groups is 1. The number of methoxy groups -OCH3 is 1. The van der Waals surface area contributed by atoms with Gasteiger partial charge in [0.2, 0.25) is 0 Å². The lowest BCUT2D eigenvalue weighted by atomic mass is 10.1. The number of oxime groups is 1.